The standard InChI is InChI=1S/C22H31N5O2/c1-17-15-20(26(3)24-17)22(29)27-13-6-7-18(16-27)9-10-21(28)25(2)14-11-19-8-4-5-12-23-19/h4-5,8,12,15,18H,6-7,9-11,13-14,16H2,1-3H3/t18-/m1/s1. The highest BCUT2D eigenvalue weighted by molar-refractivity contribution is 5.92. The number of pyridine rings is 1. The molecule has 1 aliphatic rings. The third-order valence-electron chi connectivity index (χ3n) is 5.65. The third-order valence-corrected chi connectivity index (χ3v) is 5.65. The van der Waals surface area contributed by atoms with Crippen LogP contribution < -0.4 is 0 Å². The van der Waals surface area contributed by atoms with E-state index in [0.29, 0.717) is 31.1 Å². The highest BCUT2D eigenvalue weighted by atomic mass is 16.2. The van der Waals surface area contributed by atoms with Gasteiger partial charge in [0.1, 0.15) is 5.69 Å². The second-order valence-electron chi connectivity index (χ2n) is 7.98. The normalized spacial score (nSPS) is 16.7. The Morgan fingerprint density at radius 3 is 2.83 bits per heavy atom. The number of likely N-dealkylation sites (tertiary alicyclic amines) is 1. The van der Waals surface area contributed by atoms with Crippen molar-refractivity contribution < 1.29 is 9.59 Å². The van der Waals surface area contributed by atoms with Crippen molar-refractivity contribution in [2.24, 2.45) is 13.0 Å². The van der Waals surface area contributed by atoms with E-state index >= 15 is 0 Å². The van der Waals surface area contributed by atoms with Gasteiger partial charge in [0.25, 0.3) is 5.91 Å². The van der Waals surface area contributed by atoms with E-state index in [1.807, 2.05) is 43.1 Å². The Balaban J connectivity index is 1.45. The Labute approximate surface area is 172 Å². The van der Waals surface area contributed by atoms with Crippen LogP contribution in [0.3, 0.4) is 0 Å². The Kier molecular flexibility index (Phi) is 7.01. The van der Waals surface area contributed by atoms with E-state index in [-0.39, 0.29) is 11.8 Å². The predicted octanol–water partition coefficient (Wildman–Crippen LogP) is 2.46. The summed E-state index contributed by atoms with van der Waals surface area (Å²) in [4.78, 5) is 33.3. The molecule has 0 saturated carbocycles. The van der Waals surface area contributed by atoms with E-state index in [0.717, 1.165) is 43.6 Å². The van der Waals surface area contributed by atoms with Crippen LogP contribution in [0.2, 0.25) is 0 Å². The summed E-state index contributed by atoms with van der Waals surface area (Å²) in [6.07, 6.45) is 5.94. The van der Waals surface area contributed by atoms with E-state index in [9.17, 15) is 9.59 Å². The maximum Gasteiger partial charge on any atom is 0.272 e. The van der Waals surface area contributed by atoms with Crippen molar-refractivity contribution >= 4 is 11.8 Å². The largest absolute Gasteiger partial charge is 0.345 e. The van der Waals surface area contributed by atoms with Crippen LogP contribution in [-0.2, 0) is 18.3 Å². The van der Waals surface area contributed by atoms with Crippen LogP contribution in [0.15, 0.2) is 30.5 Å². The lowest BCUT2D eigenvalue weighted by molar-refractivity contribution is -0.130. The molecule has 1 atom stereocenters. The van der Waals surface area contributed by atoms with Gasteiger partial charge in [-0.2, -0.15) is 5.10 Å². The van der Waals surface area contributed by atoms with Crippen molar-refractivity contribution in [3.05, 3.63) is 47.5 Å². The van der Waals surface area contributed by atoms with Crippen molar-refractivity contribution in [2.45, 2.75) is 39.0 Å². The lowest BCUT2D eigenvalue weighted by Crippen LogP contribution is -2.41. The minimum atomic E-state index is 0.0385. The Morgan fingerprint density at radius 1 is 1.31 bits per heavy atom. The quantitative estimate of drug-likeness (QED) is 0.720. The zero-order chi connectivity index (χ0) is 20.8. The zero-order valence-electron chi connectivity index (χ0n) is 17.7. The summed E-state index contributed by atoms with van der Waals surface area (Å²) in [6, 6.07) is 7.68. The van der Waals surface area contributed by atoms with Crippen molar-refractivity contribution in [2.75, 3.05) is 26.7 Å². The average molecular weight is 398 g/mol. The molecule has 0 aliphatic carbocycles. The van der Waals surface area contributed by atoms with Crippen LogP contribution in [0.25, 0.3) is 0 Å². The number of rotatable bonds is 7. The molecular formula is C22H31N5O2. The van der Waals surface area contributed by atoms with Crippen LogP contribution in [0.1, 0.15) is 47.6 Å². The molecule has 2 amide bonds. The molecule has 0 spiro atoms. The van der Waals surface area contributed by atoms with Gasteiger partial charge >= 0.3 is 0 Å². The minimum absolute atomic E-state index is 0.0385. The first kappa shape index (κ1) is 21.0. The molecule has 2 aromatic rings. The summed E-state index contributed by atoms with van der Waals surface area (Å²) in [6.45, 7) is 4.06. The van der Waals surface area contributed by atoms with Gasteiger partial charge in [-0.05, 0) is 50.3 Å². The second-order valence-corrected chi connectivity index (χ2v) is 7.98. The number of aromatic nitrogens is 3. The Hall–Kier alpha value is -2.70. The summed E-state index contributed by atoms with van der Waals surface area (Å²) < 4.78 is 1.65. The van der Waals surface area contributed by atoms with E-state index < -0.39 is 0 Å². The number of likely N-dealkylation sites (N-methyl/N-ethyl adjacent to an activating group) is 1. The van der Waals surface area contributed by atoms with Gasteiger partial charge < -0.3 is 9.80 Å². The van der Waals surface area contributed by atoms with Gasteiger partial charge in [0, 0.05) is 58.5 Å². The van der Waals surface area contributed by atoms with E-state index in [4.69, 9.17) is 0 Å². The van der Waals surface area contributed by atoms with E-state index in [1.54, 1.807) is 22.8 Å². The molecule has 1 fully saturated rings. The summed E-state index contributed by atoms with van der Waals surface area (Å²) in [5.41, 5.74) is 2.48. The first-order valence-electron chi connectivity index (χ1n) is 10.4. The fourth-order valence-corrected chi connectivity index (χ4v) is 3.93. The number of hydrogen-bond acceptors (Lipinski definition) is 4. The molecule has 7 heteroatoms. The average Bonchev–Trinajstić information content (AvgIpc) is 3.08. The summed E-state index contributed by atoms with van der Waals surface area (Å²) in [7, 11) is 3.66. The lowest BCUT2D eigenvalue weighted by Gasteiger charge is -2.33. The van der Waals surface area contributed by atoms with Crippen molar-refractivity contribution in [3.63, 3.8) is 0 Å². The van der Waals surface area contributed by atoms with Crippen LogP contribution in [0.5, 0.6) is 0 Å². The van der Waals surface area contributed by atoms with Gasteiger partial charge in [-0.3, -0.25) is 19.3 Å². The lowest BCUT2D eigenvalue weighted by atomic mass is 9.93. The second kappa shape index (κ2) is 9.67. The first-order chi connectivity index (χ1) is 13.9. The summed E-state index contributed by atoms with van der Waals surface area (Å²) in [5, 5.41) is 4.28. The number of hydrogen-bond donors (Lipinski definition) is 0. The fraction of sp³-hybridized carbons (Fsp3) is 0.545. The van der Waals surface area contributed by atoms with Crippen LogP contribution in [0, 0.1) is 12.8 Å². The molecule has 0 unspecified atom stereocenters. The zero-order valence-corrected chi connectivity index (χ0v) is 17.7. The maximum atomic E-state index is 12.8. The van der Waals surface area contributed by atoms with Crippen molar-refractivity contribution in [1.82, 2.24) is 24.6 Å². The number of nitrogens with zero attached hydrogens (tertiary/aromatic N) is 5. The highest BCUT2D eigenvalue weighted by Crippen LogP contribution is 2.23. The smallest absolute Gasteiger partial charge is 0.272 e. The Morgan fingerprint density at radius 2 is 2.14 bits per heavy atom. The molecule has 0 aromatic carbocycles. The van der Waals surface area contributed by atoms with E-state index in [2.05, 4.69) is 10.1 Å². The molecule has 0 N–H and O–H groups in total. The van der Waals surface area contributed by atoms with Crippen LogP contribution >= 0.6 is 0 Å². The molecule has 7 nitrogen and oxygen atoms in total. The molecule has 29 heavy (non-hydrogen) atoms. The summed E-state index contributed by atoms with van der Waals surface area (Å²) in [5.74, 6) is 0.568. The highest BCUT2D eigenvalue weighted by Gasteiger charge is 2.27. The molecule has 2 aromatic heterocycles. The molecule has 0 radical (unpaired) electrons. The number of amides is 2. The van der Waals surface area contributed by atoms with Crippen molar-refractivity contribution in [1.29, 1.82) is 0 Å². The maximum absolute atomic E-state index is 12.8. The van der Waals surface area contributed by atoms with Gasteiger partial charge in [0.2, 0.25) is 5.91 Å². The topological polar surface area (TPSA) is 71.3 Å². The SMILES string of the molecule is Cc1cc(C(=O)N2CCC[C@H](CCC(=O)N(C)CCc3ccccn3)C2)n(C)n1. The molecule has 1 aliphatic heterocycles. The first-order valence-corrected chi connectivity index (χ1v) is 10.4. The van der Waals surface area contributed by atoms with Crippen molar-refractivity contribution in [3.8, 4) is 0 Å². The Bertz CT molecular complexity index is 833. The van der Waals surface area contributed by atoms with Gasteiger partial charge in [-0.25, -0.2) is 0 Å². The molecule has 3 rings (SSSR count). The van der Waals surface area contributed by atoms with E-state index in [1.165, 1.54) is 0 Å². The van der Waals surface area contributed by atoms with Gasteiger partial charge in [0.05, 0.1) is 5.69 Å². The molecule has 156 valence electrons. The number of aryl methyl sites for hydroxylation is 2. The molecule has 1 saturated heterocycles. The van der Waals surface area contributed by atoms with Gasteiger partial charge in [-0.15, -0.1) is 0 Å². The van der Waals surface area contributed by atoms with Gasteiger partial charge in [-0.1, -0.05) is 6.07 Å². The molecular weight excluding hydrogens is 366 g/mol. The molecule has 3 heterocycles. The number of carbonyl (C=O) groups is 2. The minimum Gasteiger partial charge on any atom is -0.345 e. The van der Waals surface area contributed by atoms with Gasteiger partial charge in [0.15, 0.2) is 0 Å². The van der Waals surface area contributed by atoms with Crippen LogP contribution in [-0.4, -0.2) is 63.1 Å². The fourth-order valence-electron chi connectivity index (χ4n) is 3.93. The monoisotopic (exact) mass is 397 g/mol. The number of piperidine rings is 1. The number of carbonyl (C=O) groups excluding carboxylic acids is 2. The summed E-state index contributed by atoms with van der Waals surface area (Å²) >= 11 is 0. The van der Waals surface area contributed by atoms with Crippen LogP contribution in [0.4, 0.5) is 0 Å². The third kappa shape index (κ3) is 5.65. The molecule has 0 bridgehead atoms. The predicted molar refractivity (Wildman–Crippen MR) is 111 cm³/mol.